The number of amides is 2. The summed E-state index contributed by atoms with van der Waals surface area (Å²) >= 11 is 3.43. The van der Waals surface area contributed by atoms with Crippen LogP contribution in [0.4, 0.5) is 4.39 Å². The van der Waals surface area contributed by atoms with Crippen molar-refractivity contribution in [1.29, 1.82) is 0 Å². The Bertz CT molecular complexity index is 894. The Kier molecular flexibility index (Phi) is 8.01. The molecule has 0 aliphatic carbocycles. The SMILES string of the molecule is Cc1cc(OCC(=O)N(Cc2ccc(F)cc2)[C@H](C)C(=O)NC(C)(C)C)ccc1Br. The number of carbonyl (C=O) groups is 2. The molecule has 0 aliphatic rings. The first kappa shape index (κ1) is 23.9. The van der Waals surface area contributed by atoms with Crippen molar-refractivity contribution in [2.75, 3.05) is 6.61 Å². The predicted octanol–water partition coefficient (Wildman–Crippen LogP) is 4.61. The van der Waals surface area contributed by atoms with Crippen molar-refractivity contribution in [1.82, 2.24) is 10.2 Å². The molecule has 0 aromatic heterocycles. The van der Waals surface area contributed by atoms with Gasteiger partial charge in [0.25, 0.3) is 5.91 Å². The minimum Gasteiger partial charge on any atom is -0.484 e. The third-order valence-electron chi connectivity index (χ3n) is 4.42. The van der Waals surface area contributed by atoms with Crippen molar-refractivity contribution in [2.24, 2.45) is 0 Å². The fourth-order valence-corrected chi connectivity index (χ4v) is 3.02. The standard InChI is InChI=1S/C23H28BrFN2O3/c1-15-12-19(10-11-20(15)24)30-14-21(28)27(13-17-6-8-18(25)9-7-17)16(2)22(29)26-23(3,4)5/h6-12,16H,13-14H2,1-5H3,(H,26,29)/t16-/m1/s1. The van der Waals surface area contributed by atoms with Gasteiger partial charge in [0.05, 0.1) is 0 Å². The van der Waals surface area contributed by atoms with Crippen LogP contribution in [0.1, 0.15) is 38.8 Å². The third-order valence-corrected chi connectivity index (χ3v) is 5.31. The van der Waals surface area contributed by atoms with Gasteiger partial charge in [-0.15, -0.1) is 0 Å². The molecule has 0 unspecified atom stereocenters. The quantitative estimate of drug-likeness (QED) is 0.631. The highest BCUT2D eigenvalue weighted by Crippen LogP contribution is 2.22. The summed E-state index contributed by atoms with van der Waals surface area (Å²) in [6, 6.07) is 10.6. The van der Waals surface area contributed by atoms with E-state index in [4.69, 9.17) is 4.74 Å². The maximum Gasteiger partial charge on any atom is 0.261 e. The lowest BCUT2D eigenvalue weighted by Gasteiger charge is -2.31. The van der Waals surface area contributed by atoms with Crippen molar-refractivity contribution in [3.8, 4) is 5.75 Å². The van der Waals surface area contributed by atoms with Crippen molar-refractivity contribution in [3.63, 3.8) is 0 Å². The van der Waals surface area contributed by atoms with E-state index in [1.807, 2.05) is 39.8 Å². The number of carbonyl (C=O) groups excluding carboxylic acids is 2. The molecule has 30 heavy (non-hydrogen) atoms. The number of hydrogen-bond donors (Lipinski definition) is 1. The van der Waals surface area contributed by atoms with E-state index in [0.717, 1.165) is 15.6 Å². The first-order chi connectivity index (χ1) is 14.0. The van der Waals surface area contributed by atoms with E-state index < -0.39 is 11.6 Å². The summed E-state index contributed by atoms with van der Waals surface area (Å²) < 4.78 is 19.9. The summed E-state index contributed by atoms with van der Waals surface area (Å²) in [5.41, 5.74) is 1.28. The van der Waals surface area contributed by atoms with E-state index in [0.29, 0.717) is 5.75 Å². The summed E-state index contributed by atoms with van der Waals surface area (Å²) in [5, 5.41) is 2.90. The second kappa shape index (κ2) is 10.1. The largest absolute Gasteiger partial charge is 0.484 e. The summed E-state index contributed by atoms with van der Waals surface area (Å²) in [7, 11) is 0. The van der Waals surface area contributed by atoms with E-state index in [2.05, 4.69) is 21.2 Å². The van der Waals surface area contributed by atoms with Crippen molar-refractivity contribution in [2.45, 2.75) is 52.7 Å². The Hall–Kier alpha value is -2.41. The van der Waals surface area contributed by atoms with E-state index >= 15 is 0 Å². The van der Waals surface area contributed by atoms with Crippen LogP contribution in [0.5, 0.6) is 5.75 Å². The molecule has 2 amide bonds. The molecule has 0 spiro atoms. The minimum absolute atomic E-state index is 0.167. The molecule has 2 rings (SSSR count). The van der Waals surface area contributed by atoms with Gasteiger partial charge in [-0.3, -0.25) is 9.59 Å². The van der Waals surface area contributed by atoms with Gasteiger partial charge < -0.3 is 15.0 Å². The average Bonchev–Trinajstić information content (AvgIpc) is 2.66. The Morgan fingerprint density at radius 3 is 2.37 bits per heavy atom. The smallest absolute Gasteiger partial charge is 0.261 e. The molecule has 0 saturated carbocycles. The lowest BCUT2D eigenvalue weighted by Crippen LogP contribution is -2.53. The maximum absolute atomic E-state index is 13.3. The van der Waals surface area contributed by atoms with Crippen LogP contribution in [0.15, 0.2) is 46.9 Å². The minimum atomic E-state index is -0.725. The molecule has 0 saturated heterocycles. The molecular formula is C23H28BrFN2O3. The highest BCUT2D eigenvalue weighted by atomic mass is 79.9. The van der Waals surface area contributed by atoms with Crippen LogP contribution in [0.25, 0.3) is 0 Å². The number of nitrogens with one attached hydrogen (secondary N) is 1. The van der Waals surface area contributed by atoms with Crippen LogP contribution in [-0.4, -0.2) is 34.9 Å². The van der Waals surface area contributed by atoms with Gasteiger partial charge in [0.1, 0.15) is 17.6 Å². The molecular weight excluding hydrogens is 451 g/mol. The zero-order chi connectivity index (χ0) is 22.5. The molecule has 0 heterocycles. The molecule has 1 N–H and O–H groups in total. The average molecular weight is 479 g/mol. The van der Waals surface area contributed by atoms with Crippen LogP contribution >= 0.6 is 15.9 Å². The van der Waals surface area contributed by atoms with Crippen molar-refractivity contribution in [3.05, 3.63) is 63.9 Å². The highest BCUT2D eigenvalue weighted by Gasteiger charge is 2.28. The molecule has 7 heteroatoms. The Labute approximate surface area is 185 Å². The second-order valence-corrected chi connectivity index (χ2v) is 9.12. The highest BCUT2D eigenvalue weighted by molar-refractivity contribution is 9.10. The Morgan fingerprint density at radius 2 is 1.80 bits per heavy atom. The Morgan fingerprint density at radius 1 is 1.17 bits per heavy atom. The van der Waals surface area contributed by atoms with Gasteiger partial charge in [-0.1, -0.05) is 28.1 Å². The second-order valence-electron chi connectivity index (χ2n) is 8.26. The monoisotopic (exact) mass is 478 g/mol. The van der Waals surface area contributed by atoms with Gasteiger partial charge in [-0.05, 0) is 76.1 Å². The topological polar surface area (TPSA) is 58.6 Å². The van der Waals surface area contributed by atoms with Crippen LogP contribution in [0.2, 0.25) is 0 Å². The number of ether oxygens (including phenoxy) is 1. The molecule has 0 bridgehead atoms. The maximum atomic E-state index is 13.3. The van der Waals surface area contributed by atoms with Crippen LogP contribution in [0, 0.1) is 12.7 Å². The van der Waals surface area contributed by atoms with E-state index in [1.165, 1.54) is 17.0 Å². The molecule has 0 fully saturated rings. The zero-order valence-corrected chi connectivity index (χ0v) is 19.5. The van der Waals surface area contributed by atoms with Gasteiger partial charge >= 0.3 is 0 Å². The van der Waals surface area contributed by atoms with Gasteiger partial charge in [0, 0.05) is 16.6 Å². The normalized spacial score (nSPS) is 12.2. The zero-order valence-electron chi connectivity index (χ0n) is 18.0. The number of rotatable bonds is 7. The van der Waals surface area contributed by atoms with Gasteiger partial charge in [-0.2, -0.15) is 0 Å². The molecule has 5 nitrogen and oxygen atoms in total. The number of aryl methyl sites for hydroxylation is 1. The van der Waals surface area contributed by atoms with Crippen molar-refractivity contribution < 1.29 is 18.7 Å². The fraction of sp³-hybridized carbons (Fsp3) is 0.391. The van der Waals surface area contributed by atoms with Crippen LogP contribution < -0.4 is 10.1 Å². The van der Waals surface area contributed by atoms with Gasteiger partial charge in [-0.25, -0.2) is 4.39 Å². The molecule has 2 aromatic carbocycles. The van der Waals surface area contributed by atoms with Crippen LogP contribution in [0.3, 0.4) is 0 Å². The van der Waals surface area contributed by atoms with Gasteiger partial charge in [0.15, 0.2) is 6.61 Å². The number of hydrogen-bond acceptors (Lipinski definition) is 3. The molecule has 1 atom stereocenters. The molecule has 162 valence electrons. The number of nitrogens with zero attached hydrogens (tertiary/aromatic N) is 1. The number of halogens is 2. The third kappa shape index (κ3) is 7.13. The molecule has 2 aromatic rings. The lowest BCUT2D eigenvalue weighted by molar-refractivity contribution is -0.142. The summed E-state index contributed by atoms with van der Waals surface area (Å²) in [6.45, 7) is 9.19. The summed E-state index contributed by atoms with van der Waals surface area (Å²) in [5.74, 6) is -0.393. The number of benzene rings is 2. The first-order valence-electron chi connectivity index (χ1n) is 9.71. The Balaban J connectivity index is 2.17. The fourth-order valence-electron chi connectivity index (χ4n) is 2.78. The van der Waals surface area contributed by atoms with Gasteiger partial charge in [0.2, 0.25) is 5.91 Å². The van der Waals surface area contributed by atoms with Crippen LogP contribution in [-0.2, 0) is 16.1 Å². The van der Waals surface area contributed by atoms with E-state index in [-0.39, 0.29) is 30.8 Å². The first-order valence-corrected chi connectivity index (χ1v) is 10.5. The lowest BCUT2D eigenvalue weighted by atomic mass is 10.1. The summed E-state index contributed by atoms with van der Waals surface area (Å²) in [6.07, 6.45) is 0. The molecule has 0 radical (unpaired) electrons. The summed E-state index contributed by atoms with van der Waals surface area (Å²) in [4.78, 5) is 27.1. The van der Waals surface area contributed by atoms with E-state index in [1.54, 1.807) is 25.1 Å². The van der Waals surface area contributed by atoms with E-state index in [9.17, 15) is 14.0 Å². The predicted molar refractivity (Wildman–Crippen MR) is 119 cm³/mol. The van der Waals surface area contributed by atoms with Crippen molar-refractivity contribution >= 4 is 27.7 Å². The molecule has 0 aliphatic heterocycles.